The first-order valence-electron chi connectivity index (χ1n) is 10.2. The lowest BCUT2D eigenvalue weighted by Gasteiger charge is -2.17. The van der Waals surface area contributed by atoms with E-state index in [1.807, 2.05) is 6.92 Å². The van der Waals surface area contributed by atoms with Crippen LogP contribution in [-0.2, 0) is 10.0 Å². The molecule has 176 valence electrons. The molecule has 2 aromatic rings. The number of methoxy groups -OCH3 is 1. The van der Waals surface area contributed by atoms with E-state index in [-0.39, 0.29) is 15.5 Å². The maximum absolute atomic E-state index is 13.0. The number of hydrogen-bond donors (Lipinski definition) is 1. The first-order chi connectivity index (χ1) is 14.9. The van der Waals surface area contributed by atoms with E-state index < -0.39 is 15.9 Å². The Morgan fingerprint density at radius 1 is 1.16 bits per heavy atom. The standard InChI is InChI=1S/C23H31ClN2O5S/c1-14(2)8-9-31-22-19(24)11-17(12-21(22)30-7)23(27)25-20-13-18(10-15(3)16(20)4)32(28,29)26(5)6/h10-14H,8-9H2,1-7H3,(H,25,27). The molecule has 0 aliphatic heterocycles. The van der Waals surface area contributed by atoms with Crippen molar-refractivity contribution in [2.75, 3.05) is 33.1 Å². The first kappa shape index (κ1) is 26.0. The average Bonchev–Trinajstić information content (AvgIpc) is 2.71. The molecule has 0 fully saturated rings. The molecule has 0 spiro atoms. The third kappa shape index (κ3) is 5.94. The Bertz CT molecular complexity index is 1100. The topological polar surface area (TPSA) is 84.9 Å². The van der Waals surface area contributed by atoms with Gasteiger partial charge in [-0.15, -0.1) is 0 Å². The van der Waals surface area contributed by atoms with Gasteiger partial charge < -0.3 is 14.8 Å². The number of sulfonamides is 1. The number of rotatable bonds is 9. The highest BCUT2D eigenvalue weighted by Crippen LogP contribution is 2.37. The molecule has 0 unspecified atom stereocenters. The Kier molecular flexibility index (Phi) is 8.56. The second kappa shape index (κ2) is 10.6. The van der Waals surface area contributed by atoms with Gasteiger partial charge >= 0.3 is 0 Å². The second-order valence-electron chi connectivity index (χ2n) is 8.17. The molecule has 0 aliphatic carbocycles. The van der Waals surface area contributed by atoms with Crippen LogP contribution in [0.3, 0.4) is 0 Å². The maximum Gasteiger partial charge on any atom is 0.255 e. The lowest BCUT2D eigenvalue weighted by molar-refractivity contribution is 0.102. The van der Waals surface area contributed by atoms with Crippen molar-refractivity contribution in [2.24, 2.45) is 5.92 Å². The minimum Gasteiger partial charge on any atom is -0.493 e. The average molecular weight is 483 g/mol. The summed E-state index contributed by atoms with van der Waals surface area (Å²) in [5.74, 6) is 0.769. The van der Waals surface area contributed by atoms with Crippen molar-refractivity contribution in [1.29, 1.82) is 0 Å². The SMILES string of the molecule is COc1cc(C(=O)Nc2cc(S(=O)(=O)N(C)C)cc(C)c2C)cc(Cl)c1OCCC(C)C. The van der Waals surface area contributed by atoms with Crippen LogP contribution in [0, 0.1) is 19.8 Å². The summed E-state index contributed by atoms with van der Waals surface area (Å²) >= 11 is 6.38. The summed E-state index contributed by atoms with van der Waals surface area (Å²) in [5, 5.41) is 3.06. The van der Waals surface area contributed by atoms with E-state index in [9.17, 15) is 13.2 Å². The summed E-state index contributed by atoms with van der Waals surface area (Å²) in [7, 11) is 0.745. The molecule has 0 saturated heterocycles. The van der Waals surface area contributed by atoms with Gasteiger partial charge in [0.2, 0.25) is 10.0 Å². The molecular weight excluding hydrogens is 452 g/mol. The fourth-order valence-electron chi connectivity index (χ4n) is 2.90. The number of aryl methyl sites for hydroxylation is 1. The van der Waals surface area contributed by atoms with Crippen molar-refractivity contribution in [3.63, 3.8) is 0 Å². The zero-order valence-electron chi connectivity index (χ0n) is 19.6. The predicted octanol–water partition coefficient (Wildman–Crippen LogP) is 4.89. The van der Waals surface area contributed by atoms with Crippen LogP contribution in [0.15, 0.2) is 29.2 Å². The number of benzene rings is 2. The summed E-state index contributed by atoms with van der Waals surface area (Å²) in [6.45, 7) is 8.28. The van der Waals surface area contributed by atoms with Crippen LogP contribution in [0.5, 0.6) is 11.5 Å². The number of ether oxygens (including phenoxy) is 2. The molecule has 9 heteroatoms. The van der Waals surface area contributed by atoms with E-state index in [1.165, 1.54) is 33.3 Å². The van der Waals surface area contributed by atoms with Gasteiger partial charge in [-0.25, -0.2) is 12.7 Å². The summed E-state index contributed by atoms with van der Waals surface area (Å²) in [4.78, 5) is 13.1. The van der Waals surface area contributed by atoms with Crippen LogP contribution in [0.1, 0.15) is 41.8 Å². The summed E-state index contributed by atoms with van der Waals surface area (Å²) in [6, 6.07) is 6.10. The molecule has 1 N–H and O–H groups in total. The molecule has 0 saturated carbocycles. The molecule has 0 bridgehead atoms. The molecule has 0 aromatic heterocycles. The van der Waals surface area contributed by atoms with Crippen LogP contribution in [-0.4, -0.2) is 46.4 Å². The Morgan fingerprint density at radius 3 is 2.38 bits per heavy atom. The molecule has 0 radical (unpaired) electrons. The number of nitrogens with one attached hydrogen (secondary N) is 1. The van der Waals surface area contributed by atoms with Crippen LogP contribution >= 0.6 is 11.6 Å². The van der Waals surface area contributed by atoms with Crippen molar-refractivity contribution in [2.45, 2.75) is 39.0 Å². The molecule has 0 aliphatic rings. The van der Waals surface area contributed by atoms with E-state index in [0.29, 0.717) is 29.7 Å². The number of anilines is 1. The predicted molar refractivity (Wildman–Crippen MR) is 128 cm³/mol. The number of carbonyl (C=O) groups excluding carboxylic acids is 1. The van der Waals surface area contributed by atoms with Gasteiger partial charge in [-0.05, 0) is 61.6 Å². The van der Waals surface area contributed by atoms with Gasteiger partial charge in [0.15, 0.2) is 11.5 Å². The number of nitrogens with zero attached hydrogens (tertiary/aromatic N) is 1. The van der Waals surface area contributed by atoms with Gasteiger partial charge in [0.1, 0.15) is 0 Å². The Balaban J connectivity index is 2.37. The van der Waals surface area contributed by atoms with Crippen molar-refractivity contribution in [1.82, 2.24) is 4.31 Å². The Morgan fingerprint density at radius 2 is 1.81 bits per heavy atom. The van der Waals surface area contributed by atoms with Gasteiger partial charge in [0.25, 0.3) is 5.91 Å². The number of amides is 1. The first-order valence-corrected chi connectivity index (χ1v) is 12.1. The lowest BCUT2D eigenvalue weighted by Crippen LogP contribution is -2.23. The molecule has 7 nitrogen and oxygen atoms in total. The van der Waals surface area contributed by atoms with E-state index in [4.69, 9.17) is 21.1 Å². The smallest absolute Gasteiger partial charge is 0.255 e. The third-order valence-electron chi connectivity index (χ3n) is 5.10. The van der Waals surface area contributed by atoms with Crippen molar-refractivity contribution in [3.8, 4) is 11.5 Å². The molecule has 0 atom stereocenters. The number of hydrogen-bond acceptors (Lipinski definition) is 5. The van der Waals surface area contributed by atoms with Crippen molar-refractivity contribution in [3.05, 3.63) is 46.0 Å². The van der Waals surface area contributed by atoms with Crippen molar-refractivity contribution < 1.29 is 22.7 Å². The molecule has 32 heavy (non-hydrogen) atoms. The Hall–Kier alpha value is -2.29. The fourth-order valence-corrected chi connectivity index (χ4v) is 4.18. The van der Waals surface area contributed by atoms with Gasteiger partial charge in [-0.2, -0.15) is 0 Å². The summed E-state index contributed by atoms with van der Waals surface area (Å²) in [5.41, 5.74) is 2.18. The zero-order chi connectivity index (χ0) is 24.2. The normalized spacial score (nSPS) is 11.7. The summed E-state index contributed by atoms with van der Waals surface area (Å²) in [6.07, 6.45) is 0.854. The highest BCUT2D eigenvalue weighted by atomic mass is 35.5. The monoisotopic (exact) mass is 482 g/mol. The minimum atomic E-state index is -3.65. The minimum absolute atomic E-state index is 0.102. The van der Waals surface area contributed by atoms with E-state index in [2.05, 4.69) is 19.2 Å². The molecular formula is C23H31ClN2O5S. The molecule has 2 rings (SSSR count). The van der Waals surface area contributed by atoms with Crippen molar-refractivity contribution >= 4 is 33.2 Å². The van der Waals surface area contributed by atoms with E-state index >= 15 is 0 Å². The van der Waals surface area contributed by atoms with Gasteiger partial charge in [0.05, 0.1) is 23.6 Å². The van der Waals surface area contributed by atoms with E-state index in [1.54, 1.807) is 19.1 Å². The molecule has 0 heterocycles. The largest absolute Gasteiger partial charge is 0.493 e. The summed E-state index contributed by atoms with van der Waals surface area (Å²) < 4.78 is 37.4. The lowest BCUT2D eigenvalue weighted by atomic mass is 10.1. The second-order valence-corrected chi connectivity index (χ2v) is 10.7. The fraction of sp³-hybridized carbons (Fsp3) is 0.435. The van der Waals surface area contributed by atoms with Gasteiger partial charge in [-0.3, -0.25) is 4.79 Å². The van der Waals surface area contributed by atoms with Crippen LogP contribution in [0.4, 0.5) is 5.69 Å². The Labute approximate surface area is 195 Å². The molecule has 2 aromatic carbocycles. The van der Waals surface area contributed by atoms with Crippen LogP contribution in [0.25, 0.3) is 0 Å². The molecule has 1 amide bonds. The highest BCUT2D eigenvalue weighted by molar-refractivity contribution is 7.89. The quantitative estimate of drug-likeness (QED) is 0.549. The third-order valence-corrected chi connectivity index (χ3v) is 7.17. The number of halogens is 1. The maximum atomic E-state index is 13.0. The van der Waals surface area contributed by atoms with Crippen LogP contribution < -0.4 is 14.8 Å². The van der Waals surface area contributed by atoms with Crippen LogP contribution in [0.2, 0.25) is 5.02 Å². The van der Waals surface area contributed by atoms with Gasteiger partial charge in [0, 0.05) is 25.3 Å². The number of carbonyl (C=O) groups is 1. The zero-order valence-corrected chi connectivity index (χ0v) is 21.1. The van der Waals surface area contributed by atoms with Gasteiger partial charge in [-0.1, -0.05) is 25.4 Å². The highest BCUT2D eigenvalue weighted by Gasteiger charge is 2.21. The van der Waals surface area contributed by atoms with E-state index in [0.717, 1.165) is 21.9 Å².